The van der Waals surface area contributed by atoms with Gasteiger partial charge in [0.2, 0.25) is 0 Å². The van der Waals surface area contributed by atoms with Gasteiger partial charge in [-0.2, -0.15) is 0 Å². The molecular weight excluding hydrogens is 281 g/mol. The Labute approximate surface area is 116 Å². The summed E-state index contributed by atoms with van der Waals surface area (Å²) >= 11 is 0. The van der Waals surface area contributed by atoms with Gasteiger partial charge >= 0.3 is 0 Å². The first kappa shape index (κ1) is 14.3. The first-order valence-electron chi connectivity index (χ1n) is 5.83. The number of halogens is 1. The van der Waals surface area contributed by atoms with E-state index in [1.54, 1.807) is 12.1 Å². The lowest BCUT2D eigenvalue weighted by atomic mass is 10.2. The van der Waals surface area contributed by atoms with Gasteiger partial charge in [-0.15, -0.1) is 0 Å². The van der Waals surface area contributed by atoms with Gasteiger partial charge in [-0.3, -0.25) is 0 Å². The van der Waals surface area contributed by atoms with E-state index < -0.39 is 15.7 Å². The van der Waals surface area contributed by atoms with Crippen LogP contribution in [0.25, 0.3) is 0 Å². The molecule has 0 atom stereocenters. The predicted octanol–water partition coefficient (Wildman–Crippen LogP) is 2.39. The minimum Gasteiger partial charge on any atom is -0.497 e. The van der Waals surface area contributed by atoms with E-state index in [2.05, 4.69) is 0 Å². The van der Waals surface area contributed by atoms with Crippen LogP contribution in [0.3, 0.4) is 0 Å². The van der Waals surface area contributed by atoms with Crippen LogP contribution in [-0.4, -0.2) is 15.5 Å². The molecule has 0 aliphatic carbocycles. The van der Waals surface area contributed by atoms with Crippen LogP contribution in [0.4, 0.5) is 10.1 Å². The van der Waals surface area contributed by atoms with Crippen LogP contribution >= 0.6 is 0 Å². The quantitative estimate of drug-likeness (QED) is 0.879. The van der Waals surface area contributed by atoms with Crippen LogP contribution in [0.1, 0.15) is 5.56 Å². The van der Waals surface area contributed by atoms with Gasteiger partial charge in [-0.05, 0) is 29.8 Å². The number of rotatable bonds is 4. The molecule has 2 aromatic carbocycles. The van der Waals surface area contributed by atoms with Gasteiger partial charge in [-0.25, -0.2) is 12.8 Å². The number of benzene rings is 2. The van der Waals surface area contributed by atoms with E-state index >= 15 is 0 Å². The molecule has 2 aromatic rings. The van der Waals surface area contributed by atoms with Crippen molar-refractivity contribution >= 4 is 15.5 Å². The van der Waals surface area contributed by atoms with E-state index in [4.69, 9.17) is 10.5 Å². The Bertz CT molecular complexity index is 729. The minimum atomic E-state index is -3.77. The summed E-state index contributed by atoms with van der Waals surface area (Å²) in [6, 6.07) is 9.96. The first-order valence-corrected chi connectivity index (χ1v) is 7.48. The molecule has 0 fully saturated rings. The zero-order valence-electron chi connectivity index (χ0n) is 10.8. The molecule has 0 saturated heterocycles. The lowest BCUT2D eigenvalue weighted by Gasteiger charge is -2.08. The molecule has 0 bridgehead atoms. The summed E-state index contributed by atoms with van der Waals surface area (Å²) in [5.41, 5.74) is 6.51. The van der Waals surface area contributed by atoms with Crippen molar-refractivity contribution in [3.63, 3.8) is 0 Å². The minimum absolute atomic E-state index is 0.318. The lowest BCUT2D eigenvalue weighted by Crippen LogP contribution is -2.07. The highest BCUT2D eigenvalue weighted by Crippen LogP contribution is 2.24. The second-order valence-electron chi connectivity index (χ2n) is 4.30. The van der Waals surface area contributed by atoms with Crippen molar-refractivity contribution in [2.75, 3.05) is 12.8 Å². The van der Waals surface area contributed by atoms with E-state index in [9.17, 15) is 12.8 Å². The lowest BCUT2D eigenvalue weighted by molar-refractivity contribution is 0.414. The number of ether oxygens (including phenoxy) is 1. The summed E-state index contributed by atoms with van der Waals surface area (Å²) in [5.74, 6) is -0.637. The van der Waals surface area contributed by atoms with E-state index in [1.807, 2.05) is 0 Å². The summed E-state index contributed by atoms with van der Waals surface area (Å²) in [4.78, 5) is -0.318. The molecule has 0 spiro atoms. The monoisotopic (exact) mass is 295 g/mol. The third-order valence-electron chi connectivity index (χ3n) is 2.75. The molecule has 106 valence electrons. The second-order valence-corrected chi connectivity index (χ2v) is 6.26. The third-order valence-corrected chi connectivity index (χ3v) is 4.47. The number of methoxy groups -OCH3 is 1. The van der Waals surface area contributed by atoms with Crippen molar-refractivity contribution in [3.05, 3.63) is 53.8 Å². The Morgan fingerprint density at radius 1 is 1.20 bits per heavy atom. The fraction of sp³-hybridized carbons (Fsp3) is 0.143. The summed E-state index contributed by atoms with van der Waals surface area (Å²) in [7, 11) is -2.31. The van der Waals surface area contributed by atoms with Crippen molar-refractivity contribution in [3.8, 4) is 5.75 Å². The van der Waals surface area contributed by atoms with E-state index in [-0.39, 0.29) is 10.6 Å². The SMILES string of the molecule is COc1cc(N)cc(CS(=O)(=O)c2ccccc2F)c1. The maximum atomic E-state index is 13.6. The van der Waals surface area contributed by atoms with Crippen LogP contribution in [0.15, 0.2) is 47.4 Å². The molecule has 4 nitrogen and oxygen atoms in total. The van der Waals surface area contributed by atoms with Crippen molar-refractivity contribution < 1.29 is 17.5 Å². The molecule has 20 heavy (non-hydrogen) atoms. The van der Waals surface area contributed by atoms with Gasteiger partial charge < -0.3 is 10.5 Å². The zero-order valence-corrected chi connectivity index (χ0v) is 11.7. The Balaban J connectivity index is 2.38. The maximum Gasteiger partial charge on any atom is 0.185 e. The number of nitrogens with two attached hydrogens (primary N) is 1. The molecule has 0 radical (unpaired) electrons. The van der Waals surface area contributed by atoms with Crippen molar-refractivity contribution in [1.29, 1.82) is 0 Å². The molecule has 0 unspecified atom stereocenters. The van der Waals surface area contributed by atoms with Gasteiger partial charge in [0.05, 0.1) is 12.9 Å². The third kappa shape index (κ3) is 3.08. The van der Waals surface area contributed by atoms with E-state index in [0.29, 0.717) is 17.0 Å². The Kier molecular flexibility index (Phi) is 3.94. The van der Waals surface area contributed by atoms with Crippen LogP contribution in [0.2, 0.25) is 0 Å². The van der Waals surface area contributed by atoms with Gasteiger partial charge in [-0.1, -0.05) is 12.1 Å². The molecule has 0 aliphatic rings. The van der Waals surface area contributed by atoms with Crippen LogP contribution in [0, 0.1) is 5.82 Å². The topological polar surface area (TPSA) is 69.4 Å². The van der Waals surface area contributed by atoms with E-state index in [0.717, 1.165) is 6.07 Å². The smallest absolute Gasteiger partial charge is 0.185 e. The average molecular weight is 295 g/mol. The number of sulfone groups is 1. The first-order chi connectivity index (χ1) is 9.42. The van der Waals surface area contributed by atoms with Crippen molar-refractivity contribution in [2.24, 2.45) is 0 Å². The summed E-state index contributed by atoms with van der Waals surface area (Å²) in [6.45, 7) is 0. The molecule has 0 amide bonds. The highest BCUT2D eigenvalue weighted by molar-refractivity contribution is 7.90. The molecule has 0 aliphatic heterocycles. The second kappa shape index (κ2) is 5.50. The predicted molar refractivity (Wildman–Crippen MR) is 74.7 cm³/mol. The molecule has 2 N–H and O–H groups in total. The van der Waals surface area contributed by atoms with Crippen LogP contribution in [0.5, 0.6) is 5.75 Å². The Morgan fingerprint density at radius 2 is 1.90 bits per heavy atom. The average Bonchev–Trinajstić information content (AvgIpc) is 2.37. The van der Waals surface area contributed by atoms with Gasteiger partial charge in [0, 0.05) is 11.8 Å². The van der Waals surface area contributed by atoms with Gasteiger partial charge in [0.25, 0.3) is 0 Å². The summed E-state index contributed by atoms with van der Waals surface area (Å²) < 4.78 is 43.0. The summed E-state index contributed by atoms with van der Waals surface area (Å²) in [6.07, 6.45) is 0. The number of hydrogen-bond acceptors (Lipinski definition) is 4. The van der Waals surface area contributed by atoms with Gasteiger partial charge in [0.1, 0.15) is 16.5 Å². The fourth-order valence-corrected chi connectivity index (χ4v) is 3.29. The largest absolute Gasteiger partial charge is 0.497 e. The fourth-order valence-electron chi connectivity index (χ4n) is 1.88. The van der Waals surface area contributed by atoms with Crippen molar-refractivity contribution in [1.82, 2.24) is 0 Å². The molecule has 0 aromatic heterocycles. The van der Waals surface area contributed by atoms with Gasteiger partial charge in [0.15, 0.2) is 9.84 Å². The number of anilines is 1. The highest BCUT2D eigenvalue weighted by atomic mass is 32.2. The Morgan fingerprint density at radius 3 is 2.55 bits per heavy atom. The van der Waals surface area contributed by atoms with Crippen LogP contribution in [-0.2, 0) is 15.6 Å². The molecule has 2 rings (SSSR count). The van der Waals surface area contributed by atoms with E-state index in [1.165, 1.54) is 31.4 Å². The number of hydrogen-bond donors (Lipinski definition) is 1. The zero-order chi connectivity index (χ0) is 14.8. The van der Waals surface area contributed by atoms with Crippen molar-refractivity contribution in [2.45, 2.75) is 10.6 Å². The highest BCUT2D eigenvalue weighted by Gasteiger charge is 2.19. The standard InChI is InChI=1S/C14H14FNO3S/c1-19-12-7-10(6-11(16)8-12)9-20(17,18)14-5-3-2-4-13(14)15/h2-8H,9,16H2,1H3. The Hall–Kier alpha value is -2.08. The molecule has 6 heteroatoms. The molecule has 0 heterocycles. The normalized spacial score (nSPS) is 11.3. The maximum absolute atomic E-state index is 13.6. The van der Waals surface area contributed by atoms with Crippen LogP contribution < -0.4 is 10.5 Å². The summed E-state index contributed by atoms with van der Waals surface area (Å²) in [5, 5.41) is 0. The molecular formula is C14H14FNO3S. The number of nitrogen functional groups attached to an aromatic ring is 1. The molecule has 0 saturated carbocycles.